The molecule has 0 atom stereocenters. The van der Waals surface area contributed by atoms with E-state index in [1.54, 1.807) is 6.20 Å². The third-order valence-corrected chi connectivity index (χ3v) is 2.90. The number of rotatable bonds is 3. The zero-order chi connectivity index (χ0) is 14.0. The number of hydrogen-bond acceptors (Lipinski definition) is 3. The highest BCUT2D eigenvalue weighted by atomic mass is 79.9. The average molecular weight is 326 g/mol. The Morgan fingerprint density at radius 3 is 2.74 bits per heavy atom. The molecule has 0 aliphatic rings. The highest BCUT2D eigenvalue weighted by Crippen LogP contribution is 2.28. The lowest BCUT2D eigenvalue weighted by molar-refractivity contribution is 0.0692. The van der Waals surface area contributed by atoms with Crippen LogP contribution in [0.3, 0.4) is 0 Å². The van der Waals surface area contributed by atoms with Crippen LogP contribution in [0.25, 0.3) is 0 Å². The van der Waals surface area contributed by atoms with Gasteiger partial charge in [-0.1, -0.05) is 0 Å². The molecule has 19 heavy (non-hydrogen) atoms. The Labute approximate surface area is 117 Å². The number of hydrogen-bond donors (Lipinski definition) is 1. The molecule has 2 rings (SSSR count). The first kappa shape index (κ1) is 13.5. The van der Waals surface area contributed by atoms with E-state index in [9.17, 15) is 9.18 Å². The van der Waals surface area contributed by atoms with Crippen molar-refractivity contribution < 1.29 is 19.0 Å². The van der Waals surface area contributed by atoms with Gasteiger partial charge in [-0.2, -0.15) is 0 Å². The highest BCUT2D eigenvalue weighted by molar-refractivity contribution is 9.10. The second kappa shape index (κ2) is 5.36. The van der Waals surface area contributed by atoms with E-state index in [-0.39, 0.29) is 11.6 Å². The summed E-state index contributed by atoms with van der Waals surface area (Å²) in [6.07, 6.45) is 1.61. The van der Waals surface area contributed by atoms with Gasteiger partial charge >= 0.3 is 5.97 Å². The first-order valence-electron chi connectivity index (χ1n) is 5.30. The van der Waals surface area contributed by atoms with Gasteiger partial charge in [0.2, 0.25) is 5.88 Å². The third kappa shape index (κ3) is 3.08. The van der Waals surface area contributed by atoms with Crippen molar-refractivity contribution in [3.63, 3.8) is 0 Å². The molecule has 0 aliphatic carbocycles. The third-order valence-electron chi connectivity index (χ3n) is 2.33. The zero-order valence-corrected chi connectivity index (χ0v) is 11.4. The van der Waals surface area contributed by atoms with E-state index in [1.807, 2.05) is 13.0 Å². The van der Waals surface area contributed by atoms with Crippen LogP contribution < -0.4 is 4.74 Å². The van der Waals surface area contributed by atoms with Crippen LogP contribution in [-0.4, -0.2) is 16.1 Å². The molecule has 1 heterocycles. The van der Waals surface area contributed by atoms with Crippen LogP contribution in [0, 0.1) is 12.7 Å². The van der Waals surface area contributed by atoms with Gasteiger partial charge in [0.05, 0.1) is 10.0 Å². The fourth-order valence-corrected chi connectivity index (χ4v) is 1.98. The van der Waals surface area contributed by atoms with Gasteiger partial charge in [0.15, 0.2) is 0 Å². The van der Waals surface area contributed by atoms with Crippen LogP contribution in [0.5, 0.6) is 11.6 Å². The van der Waals surface area contributed by atoms with Crippen LogP contribution in [0.1, 0.15) is 15.9 Å². The van der Waals surface area contributed by atoms with Crippen molar-refractivity contribution >= 4 is 21.9 Å². The second-order valence-electron chi connectivity index (χ2n) is 3.85. The molecule has 0 aliphatic heterocycles. The molecule has 1 aromatic heterocycles. The van der Waals surface area contributed by atoms with E-state index in [0.29, 0.717) is 4.47 Å². The number of nitrogens with zero attached hydrogens (tertiary/aromatic N) is 1. The summed E-state index contributed by atoms with van der Waals surface area (Å²) < 4.78 is 19.5. The predicted molar refractivity (Wildman–Crippen MR) is 70.1 cm³/mol. The van der Waals surface area contributed by atoms with Gasteiger partial charge in [-0.15, -0.1) is 0 Å². The Morgan fingerprint density at radius 2 is 2.16 bits per heavy atom. The summed E-state index contributed by atoms with van der Waals surface area (Å²) in [4.78, 5) is 14.7. The number of carboxylic acids is 1. The van der Waals surface area contributed by atoms with Crippen molar-refractivity contribution in [3.05, 3.63) is 51.9 Å². The van der Waals surface area contributed by atoms with Crippen molar-refractivity contribution in [3.8, 4) is 11.6 Å². The summed E-state index contributed by atoms with van der Waals surface area (Å²) in [5, 5.41) is 8.72. The van der Waals surface area contributed by atoms with Crippen LogP contribution in [0.15, 0.2) is 34.9 Å². The number of aromatic carboxylic acids is 1. The van der Waals surface area contributed by atoms with Crippen molar-refractivity contribution in [2.24, 2.45) is 0 Å². The lowest BCUT2D eigenvalue weighted by Crippen LogP contribution is -2.00. The molecular weight excluding hydrogens is 317 g/mol. The molecule has 2 aromatic rings. The van der Waals surface area contributed by atoms with Crippen LogP contribution in [-0.2, 0) is 0 Å². The number of halogens is 2. The zero-order valence-electron chi connectivity index (χ0n) is 9.85. The molecule has 4 nitrogen and oxygen atoms in total. The molecule has 0 radical (unpaired) electrons. The number of pyridine rings is 1. The first-order valence-corrected chi connectivity index (χ1v) is 6.09. The topological polar surface area (TPSA) is 59.4 Å². The number of benzene rings is 1. The Morgan fingerprint density at radius 1 is 1.42 bits per heavy atom. The fourth-order valence-electron chi connectivity index (χ4n) is 1.44. The first-order chi connectivity index (χ1) is 8.97. The minimum Gasteiger partial charge on any atom is -0.478 e. The molecule has 0 unspecified atom stereocenters. The molecule has 1 N–H and O–H groups in total. The molecule has 6 heteroatoms. The average Bonchev–Trinajstić information content (AvgIpc) is 2.32. The normalized spacial score (nSPS) is 10.3. The number of carbonyl (C=O) groups is 1. The Hall–Kier alpha value is -1.95. The molecule has 98 valence electrons. The van der Waals surface area contributed by atoms with Crippen molar-refractivity contribution in [1.82, 2.24) is 4.98 Å². The van der Waals surface area contributed by atoms with Gasteiger partial charge in [-0.25, -0.2) is 14.2 Å². The van der Waals surface area contributed by atoms with E-state index < -0.39 is 17.3 Å². The van der Waals surface area contributed by atoms with E-state index in [2.05, 4.69) is 20.9 Å². The smallest absolute Gasteiger partial charge is 0.338 e. The van der Waals surface area contributed by atoms with E-state index >= 15 is 0 Å². The number of ether oxygens (including phenoxy) is 1. The van der Waals surface area contributed by atoms with Gasteiger partial charge < -0.3 is 9.84 Å². The maximum atomic E-state index is 13.5. The van der Waals surface area contributed by atoms with Crippen molar-refractivity contribution in [2.45, 2.75) is 6.92 Å². The summed E-state index contributed by atoms with van der Waals surface area (Å²) in [5.74, 6) is -1.71. The summed E-state index contributed by atoms with van der Waals surface area (Å²) in [5.41, 5.74) is 0.551. The van der Waals surface area contributed by atoms with E-state index in [4.69, 9.17) is 9.84 Å². The Kier molecular flexibility index (Phi) is 3.80. The van der Waals surface area contributed by atoms with Gasteiger partial charge in [-0.3, -0.25) is 0 Å². The number of carboxylic acid groups (broad SMARTS) is 1. The van der Waals surface area contributed by atoms with Crippen LogP contribution >= 0.6 is 15.9 Å². The fraction of sp³-hybridized carbons (Fsp3) is 0.0769. The molecular formula is C13H9BrFNO3. The Bertz CT molecular complexity index is 646. The standard InChI is InChI=1S/C13H9BrFNO3/c1-7-4-10(14)12(16-6-7)19-8-2-3-9(13(17)18)11(15)5-8/h2-6H,1H3,(H,17,18). The van der Waals surface area contributed by atoms with Crippen LogP contribution in [0.4, 0.5) is 4.39 Å². The lowest BCUT2D eigenvalue weighted by atomic mass is 10.2. The summed E-state index contributed by atoms with van der Waals surface area (Å²) in [6.45, 7) is 1.88. The van der Waals surface area contributed by atoms with Crippen LogP contribution in [0.2, 0.25) is 0 Å². The van der Waals surface area contributed by atoms with Gasteiger partial charge in [-0.05, 0) is 46.6 Å². The summed E-state index contributed by atoms with van der Waals surface area (Å²) in [6, 6.07) is 5.34. The summed E-state index contributed by atoms with van der Waals surface area (Å²) in [7, 11) is 0. The maximum absolute atomic E-state index is 13.5. The van der Waals surface area contributed by atoms with Gasteiger partial charge in [0.1, 0.15) is 11.6 Å². The number of aryl methyl sites for hydroxylation is 1. The van der Waals surface area contributed by atoms with Crippen molar-refractivity contribution in [1.29, 1.82) is 0 Å². The quantitative estimate of drug-likeness (QED) is 0.932. The molecule has 0 bridgehead atoms. The monoisotopic (exact) mass is 325 g/mol. The minimum atomic E-state index is -1.32. The minimum absolute atomic E-state index is 0.180. The highest BCUT2D eigenvalue weighted by Gasteiger charge is 2.12. The second-order valence-corrected chi connectivity index (χ2v) is 4.70. The van der Waals surface area contributed by atoms with Gasteiger partial charge in [0, 0.05) is 12.3 Å². The molecule has 0 saturated heterocycles. The van der Waals surface area contributed by atoms with Gasteiger partial charge in [0.25, 0.3) is 0 Å². The summed E-state index contributed by atoms with van der Waals surface area (Å²) >= 11 is 3.29. The molecule has 0 spiro atoms. The Balaban J connectivity index is 2.29. The predicted octanol–water partition coefficient (Wildman–Crippen LogP) is 3.78. The van der Waals surface area contributed by atoms with E-state index in [1.165, 1.54) is 6.07 Å². The maximum Gasteiger partial charge on any atom is 0.338 e. The van der Waals surface area contributed by atoms with Crippen molar-refractivity contribution in [2.75, 3.05) is 0 Å². The lowest BCUT2D eigenvalue weighted by Gasteiger charge is -2.07. The largest absolute Gasteiger partial charge is 0.478 e. The molecule has 0 amide bonds. The number of aromatic nitrogens is 1. The van der Waals surface area contributed by atoms with E-state index in [0.717, 1.165) is 17.7 Å². The molecule has 1 aromatic carbocycles. The SMILES string of the molecule is Cc1cnc(Oc2ccc(C(=O)O)c(F)c2)c(Br)c1. The molecule has 0 fully saturated rings. The molecule has 0 saturated carbocycles.